The van der Waals surface area contributed by atoms with Crippen LogP contribution in [0, 0.1) is 24.1 Å². The first kappa shape index (κ1) is 24.6. The Labute approximate surface area is 202 Å². The van der Waals surface area contributed by atoms with E-state index in [2.05, 4.69) is 45.2 Å². The molecule has 0 aliphatic rings. The van der Waals surface area contributed by atoms with Crippen molar-refractivity contribution in [1.29, 1.82) is 5.26 Å². The van der Waals surface area contributed by atoms with Gasteiger partial charge in [-0.3, -0.25) is 4.99 Å². The summed E-state index contributed by atoms with van der Waals surface area (Å²) in [4.78, 5) is 5.51. The molecular formula is C21H25FIN7S. The summed E-state index contributed by atoms with van der Waals surface area (Å²) in [6.07, 6.45) is 1.32. The number of nitrogens with one attached hydrogen (secondary N) is 2. The lowest BCUT2D eigenvalue weighted by molar-refractivity contribution is 0.627. The number of nitriles is 1. The van der Waals surface area contributed by atoms with Crippen LogP contribution < -0.4 is 16.4 Å². The number of nitrogens with zero attached hydrogens (tertiary/aromatic N) is 4. The Hall–Kier alpha value is -2.65. The monoisotopic (exact) mass is 553 g/mol. The van der Waals surface area contributed by atoms with Gasteiger partial charge in [0.15, 0.2) is 5.96 Å². The number of thiophene rings is 1. The van der Waals surface area contributed by atoms with Gasteiger partial charge in [-0.15, -0.1) is 35.3 Å². The van der Waals surface area contributed by atoms with Gasteiger partial charge in [0.2, 0.25) is 0 Å². The van der Waals surface area contributed by atoms with Crippen molar-refractivity contribution in [3.05, 3.63) is 63.2 Å². The summed E-state index contributed by atoms with van der Waals surface area (Å²) >= 11 is 1.72. The van der Waals surface area contributed by atoms with Gasteiger partial charge in [-0.1, -0.05) is 0 Å². The quantitative estimate of drug-likeness (QED) is 0.179. The van der Waals surface area contributed by atoms with Crippen LogP contribution in [0.25, 0.3) is 5.69 Å². The first-order valence-electron chi connectivity index (χ1n) is 9.54. The molecule has 4 N–H and O–H groups in total. The lowest BCUT2D eigenvalue weighted by atomic mass is 10.1. The lowest BCUT2D eigenvalue weighted by Gasteiger charge is -2.11. The van der Waals surface area contributed by atoms with Gasteiger partial charge in [0.05, 0.1) is 17.9 Å². The van der Waals surface area contributed by atoms with E-state index in [9.17, 15) is 9.65 Å². The molecule has 0 saturated carbocycles. The molecule has 0 spiro atoms. The predicted octanol–water partition coefficient (Wildman–Crippen LogP) is 3.75. The van der Waals surface area contributed by atoms with Crippen LogP contribution in [0.3, 0.4) is 0 Å². The number of nitrogens with two attached hydrogens (primary N) is 1. The fourth-order valence-corrected chi connectivity index (χ4v) is 3.83. The third kappa shape index (κ3) is 6.18. The second-order valence-corrected chi connectivity index (χ2v) is 7.69. The van der Waals surface area contributed by atoms with Gasteiger partial charge >= 0.3 is 0 Å². The van der Waals surface area contributed by atoms with E-state index in [1.807, 2.05) is 0 Å². The Balaban J connectivity index is 0.00000341. The van der Waals surface area contributed by atoms with Crippen molar-refractivity contribution >= 4 is 47.1 Å². The van der Waals surface area contributed by atoms with Crippen LogP contribution in [0.4, 0.5) is 10.2 Å². The smallest absolute Gasteiger partial charge is 0.191 e. The third-order valence-electron chi connectivity index (χ3n) is 4.67. The molecule has 7 nitrogen and oxygen atoms in total. The Morgan fingerprint density at radius 3 is 2.65 bits per heavy atom. The first-order chi connectivity index (χ1) is 14.5. The second kappa shape index (κ2) is 11.7. The van der Waals surface area contributed by atoms with E-state index in [-0.39, 0.29) is 35.6 Å². The number of aliphatic imine (C=N–C) groups is 1. The summed E-state index contributed by atoms with van der Waals surface area (Å²) in [5.74, 6) is 0.642. The largest absolute Gasteiger partial charge is 0.382 e. The number of benzene rings is 1. The summed E-state index contributed by atoms with van der Waals surface area (Å²) < 4.78 is 14.7. The van der Waals surface area contributed by atoms with Gasteiger partial charge in [-0.25, -0.2) is 9.07 Å². The number of nitrogen functional groups attached to an aromatic ring is 1. The average Bonchev–Trinajstić information content (AvgIpc) is 3.30. The molecule has 0 amide bonds. The predicted molar refractivity (Wildman–Crippen MR) is 134 cm³/mol. The number of rotatable bonds is 7. The van der Waals surface area contributed by atoms with E-state index >= 15 is 0 Å². The number of hydrogen-bond acceptors (Lipinski definition) is 5. The van der Waals surface area contributed by atoms with Crippen LogP contribution in [0.15, 0.2) is 40.7 Å². The minimum atomic E-state index is -0.340. The zero-order chi connectivity index (χ0) is 21.5. The van der Waals surface area contributed by atoms with E-state index < -0.39 is 0 Å². The van der Waals surface area contributed by atoms with Gasteiger partial charge in [0.25, 0.3) is 0 Å². The Morgan fingerprint density at radius 2 is 2.03 bits per heavy atom. The maximum Gasteiger partial charge on any atom is 0.191 e. The second-order valence-electron chi connectivity index (χ2n) is 6.69. The highest BCUT2D eigenvalue weighted by Crippen LogP contribution is 2.21. The molecule has 0 radical (unpaired) electrons. The minimum absolute atomic E-state index is 0. The lowest BCUT2D eigenvalue weighted by Crippen LogP contribution is -2.37. The van der Waals surface area contributed by atoms with Crippen LogP contribution in [0.1, 0.15) is 28.1 Å². The zero-order valence-electron chi connectivity index (χ0n) is 17.4. The van der Waals surface area contributed by atoms with Gasteiger partial charge < -0.3 is 16.4 Å². The van der Waals surface area contributed by atoms with E-state index in [0.717, 1.165) is 18.9 Å². The average molecular weight is 553 g/mol. The van der Waals surface area contributed by atoms with Crippen molar-refractivity contribution in [2.45, 2.75) is 26.3 Å². The van der Waals surface area contributed by atoms with Gasteiger partial charge in [-0.05, 0) is 61.0 Å². The molecule has 0 fully saturated rings. The summed E-state index contributed by atoms with van der Waals surface area (Å²) in [5, 5.41) is 22.6. The molecular weight excluding hydrogens is 528 g/mol. The highest BCUT2D eigenvalue weighted by molar-refractivity contribution is 14.0. The molecule has 2 aromatic heterocycles. The molecule has 2 heterocycles. The Morgan fingerprint density at radius 1 is 1.29 bits per heavy atom. The van der Waals surface area contributed by atoms with Crippen molar-refractivity contribution < 1.29 is 4.39 Å². The highest BCUT2D eigenvalue weighted by atomic mass is 127. The highest BCUT2D eigenvalue weighted by Gasteiger charge is 2.16. The maximum absolute atomic E-state index is 13.2. The van der Waals surface area contributed by atoms with Crippen molar-refractivity contribution in [2.24, 2.45) is 4.99 Å². The molecule has 1 aromatic carbocycles. The fourth-order valence-electron chi connectivity index (χ4n) is 2.99. The molecule has 3 aromatic rings. The molecule has 0 bridgehead atoms. The van der Waals surface area contributed by atoms with Crippen molar-refractivity contribution in [1.82, 2.24) is 20.4 Å². The molecule has 0 saturated heterocycles. The molecule has 164 valence electrons. The molecule has 0 atom stereocenters. The molecule has 0 unspecified atom stereocenters. The number of halogens is 2. The summed E-state index contributed by atoms with van der Waals surface area (Å²) in [7, 11) is 1.73. The SMILES string of the molecule is CN=C(NCCCc1nn(-c2ccc(F)cc2)c(N)c1C#N)NCc1sccc1C.I. The van der Waals surface area contributed by atoms with E-state index in [4.69, 9.17) is 5.73 Å². The Bertz CT molecular complexity index is 1070. The number of aromatic nitrogens is 2. The Kier molecular flexibility index (Phi) is 9.26. The number of aryl methyl sites for hydroxylation is 2. The van der Waals surface area contributed by atoms with Crippen molar-refractivity contribution in [3.63, 3.8) is 0 Å². The first-order valence-corrected chi connectivity index (χ1v) is 10.4. The van der Waals surface area contributed by atoms with Gasteiger partial charge in [0, 0.05) is 18.5 Å². The van der Waals surface area contributed by atoms with Crippen molar-refractivity contribution in [2.75, 3.05) is 19.3 Å². The van der Waals surface area contributed by atoms with Gasteiger partial charge in [-0.2, -0.15) is 10.4 Å². The standard InChI is InChI=1S/C21H24FN7S.HI/c1-14-9-11-30-19(14)13-27-21(25-2)26-10-3-4-18-17(12-23)20(24)29(28-18)16-7-5-15(22)6-8-16;/h5-9,11H,3-4,10,13,24H2,1-2H3,(H2,25,26,27);1H. The molecule has 0 aliphatic heterocycles. The summed E-state index contributed by atoms with van der Waals surface area (Å²) in [6, 6.07) is 10.1. The number of guanidine groups is 1. The van der Waals surface area contributed by atoms with E-state index in [0.29, 0.717) is 29.9 Å². The van der Waals surface area contributed by atoms with Crippen LogP contribution in [0.5, 0.6) is 0 Å². The van der Waals surface area contributed by atoms with Crippen molar-refractivity contribution in [3.8, 4) is 11.8 Å². The van der Waals surface area contributed by atoms with E-state index in [1.54, 1.807) is 30.5 Å². The van der Waals surface area contributed by atoms with Gasteiger partial charge in [0.1, 0.15) is 23.3 Å². The molecule has 0 aliphatic carbocycles. The number of hydrogen-bond donors (Lipinski definition) is 3. The minimum Gasteiger partial charge on any atom is -0.382 e. The zero-order valence-corrected chi connectivity index (χ0v) is 20.5. The molecule has 10 heteroatoms. The van der Waals surface area contributed by atoms with Crippen LogP contribution in [0.2, 0.25) is 0 Å². The summed E-state index contributed by atoms with van der Waals surface area (Å²) in [6.45, 7) is 3.48. The third-order valence-corrected chi connectivity index (χ3v) is 5.69. The normalized spacial score (nSPS) is 11.0. The fraction of sp³-hybridized carbons (Fsp3) is 0.286. The van der Waals surface area contributed by atoms with E-state index in [1.165, 1.54) is 27.3 Å². The number of anilines is 1. The van der Waals surface area contributed by atoms with Crippen LogP contribution in [-0.2, 0) is 13.0 Å². The molecule has 3 rings (SSSR count). The topological polar surface area (TPSA) is 104 Å². The van der Waals surface area contributed by atoms with Crippen LogP contribution >= 0.6 is 35.3 Å². The maximum atomic E-state index is 13.2. The summed E-state index contributed by atoms with van der Waals surface area (Å²) in [5.41, 5.74) is 8.96. The molecule has 31 heavy (non-hydrogen) atoms. The van der Waals surface area contributed by atoms with Crippen LogP contribution in [-0.4, -0.2) is 29.3 Å².